The molecule has 1 N–H and O–H groups in total. The van der Waals surface area contributed by atoms with Gasteiger partial charge in [0.05, 0.1) is 11.9 Å². The average Bonchev–Trinajstić information content (AvgIpc) is 3.57. The molecule has 2 aliphatic rings. The molecule has 36 heavy (non-hydrogen) atoms. The minimum Gasteiger partial charge on any atom is -0.489 e. The molecule has 5 nitrogen and oxygen atoms in total. The number of aryl methyl sites for hydroxylation is 2. The Bertz CT molecular complexity index is 1720. The molecule has 0 bridgehead atoms. The summed E-state index contributed by atoms with van der Waals surface area (Å²) in [5.41, 5.74) is 7.18. The molecule has 0 radical (unpaired) electrons. The third-order valence-corrected chi connectivity index (χ3v) is 7.40. The number of carbonyl (C=O) groups excluding carboxylic acids is 2. The highest BCUT2D eigenvalue weighted by molar-refractivity contribution is 6.52. The van der Waals surface area contributed by atoms with E-state index in [1.165, 1.54) is 11.1 Å². The van der Waals surface area contributed by atoms with Crippen molar-refractivity contribution < 1.29 is 14.3 Å². The number of aromatic amines is 1. The highest BCUT2D eigenvalue weighted by Gasteiger charge is 2.35. The van der Waals surface area contributed by atoms with Crippen LogP contribution in [0.3, 0.4) is 0 Å². The zero-order valence-corrected chi connectivity index (χ0v) is 19.7. The van der Waals surface area contributed by atoms with Crippen molar-refractivity contribution in [3.05, 3.63) is 101 Å². The Morgan fingerprint density at radius 2 is 1.69 bits per heavy atom. The topological polar surface area (TPSA) is 64.1 Å². The van der Waals surface area contributed by atoms with E-state index < -0.39 is 0 Å². The number of hydrogen-bond donors (Lipinski definition) is 1. The Morgan fingerprint density at radius 1 is 0.861 bits per heavy atom. The number of carbonyl (C=O) groups is 2. The first kappa shape index (κ1) is 20.9. The van der Waals surface area contributed by atoms with Crippen molar-refractivity contribution in [1.29, 1.82) is 0 Å². The van der Waals surface area contributed by atoms with Gasteiger partial charge in [-0.2, -0.15) is 0 Å². The van der Waals surface area contributed by atoms with Crippen LogP contribution in [0.5, 0.6) is 5.75 Å². The molecule has 7 rings (SSSR count). The number of Topliss-reactive ketones (excluding diaryl/α,β-unsaturated/α-hetero) is 2. The number of aromatic nitrogens is 2. The minimum absolute atomic E-state index is 0.0814. The van der Waals surface area contributed by atoms with Gasteiger partial charge in [0.1, 0.15) is 12.4 Å². The smallest absolute Gasteiger partial charge is 0.172 e. The Balaban J connectivity index is 1.33. The van der Waals surface area contributed by atoms with Crippen molar-refractivity contribution in [1.82, 2.24) is 9.55 Å². The highest BCUT2D eigenvalue weighted by atomic mass is 16.5. The molecular weight excluding hydrogens is 448 g/mol. The van der Waals surface area contributed by atoms with Crippen molar-refractivity contribution >= 4 is 44.5 Å². The SMILES string of the molecule is O=C1CC(=O)C(c2cn3c4c(cccc24)CCC3)=C1c1c[nH]c2cc(OCc3ccccc3)ccc12. The Kier molecular flexibility index (Phi) is 4.71. The molecule has 5 aromatic rings. The maximum atomic E-state index is 13.2. The first-order valence-corrected chi connectivity index (χ1v) is 12.4. The van der Waals surface area contributed by atoms with Crippen molar-refractivity contribution in [3.8, 4) is 5.75 Å². The summed E-state index contributed by atoms with van der Waals surface area (Å²) in [6.07, 6.45) is 5.96. The van der Waals surface area contributed by atoms with Gasteiger partial charge in [-0.25, -0.2) is 0 Å². The highest BCUT2D eigenvalue weighted by Crippen LogP contribution is 2.42. The molecule has 176 valence electrons. The lowest BCUT2D eigenvalue weighted by molar-refractivity contribution is -0.119. The van der Waals surface area contributed by atoms with Crippen molar-refractivity contribution in [2.45, 2.75) is 32.4 Å². The van der Waals surface area contributed by atoms with Crippen LogP contribution in [-0.4, -0.2) is 21.1 Å². The van der Waals surface area contributed by atoms with Gasteiger partial charge in [-0.05, 0) is 36.1 Å². The van der Waals surface area contributed by atoms with E-state index in [1.807, 2.05) is 54.7 Å². The van der Waals surface area contributed by atoms with Crippen LogP contribution >= 0.6 is 0 Å². The van der Waals surface area contributed by atoms with Gasteiger partial charge in [0.2, 0.25) is 0 Å². The number of ether oxygens (including phenoxy) is 1. The maximum absolute atomic E-state index is 13.2. The normalized spacial score (nSPS) is 15.4. The quantitative estimate of drug-likeness (QED) is 0.314. The fourth-order valence-corrected chi connectivity index (χ4v) is 5.77. The lowest BCUT2D eigenvalue weighted by Gasteiger charge is -2.14. The van der Waals surface area contributed by atoms with Crippen LogP contribution in [0.4, 0.5) is 0 Å². The van der Waals surface area contributed by atoms with Gasteiger partial charge in [-0.15, -0.1) is 0 Å². The monoisotopic (exact) mass is 472 g/mol. The molecule has 3 heterocycles. The number of allylic oxidation sites excluding steroid dienone is 2. The van der Waals surface area contributed by atoms with Crippen LogP contribution in [0.1, 0.15) is 35.1 Å². The summed E-state index contributed by atoms with van der Waals surface area (Å²) in [6, 6.07) is 22.2. The number of rotatable bonds is 5. The minimum atomic E-state index is -0.118. The van der Waals surface area contributed by atoms with Gasteiger partial charge in [0.15, 0.2) is 11.6 Å². The van der Waals surface area contributed by atoms with Crippen LogP contribution < -0.4 is 4.74 Å². The van der Waals surface area contributed by atoms with Crippen LogP contribution in [0.15, 0.2) is 79.1 Å². The Morgan fingerprint density at radius 3 is 2.56 bits per heavy atom. The van der Waals surface area contributed by atoms with E-state index >= 15 is 0 Å². The zero-order valence-electron chi connectivity index (χ0n) is 19.7. The fourth-order valence-electron chi connectivity index (χ4n) is 5.77. The summed E-state index contributed by atoms with van der Waals surface area (Å²) in [6.45, 7) is 1.41. The molecule has 1 aliphatic carbocycles. The van der Waals surface area contributed by atoms with Crippen molar-refractivity contribution in [2.75, 3.05) is 0 Å². The van der Waals surface area contributed by atoms with Gasteiger partial charge < -0.3 is 14.3 Å². The first-order valence-electron chi connectivity index (χ1n) is 12.4. The third-order valence-electron chi connectivity index (χ3n) is 7.40. The molecule has 0 amide bonds. The second-order valence-electron chi connectivity index (χ2n) is 9.61. The maximum Gasteiger partial charge on any atom is 0.172 e. The second kappa shape index (κ2) is 8.09. The summed E-state index contributed by atoms with van der Waals surface area (Å²) in [4.78, 5) is 29.7. The van der Waals surface area contributed by atoms with Crippen LogP contribution in [0, 0.1) is 0 Å². The molecule has 0 fully saturated rings. The largest absolute Gasteiger partial charge is 0.489 e. The lowest BCUT2D eigenvalue weighted by Crippen LogP contribution is -2.05. The van der Waals surface area contributed by atoms with E-state index in [4.69, 9.17) is 4.74 Å². The summed E-state index contributed by atoms with van der Waals surface area (Å²) in [5, 5.41) is 1.96. The van der Waals surface area contributed by atoms with Crippen LogP contribution in [-0.2, 0) is 29.2 Å². The average molecular weight is 473 g/mol. The number of benzene rings is 3. The number of fused-ring (bicyclic) bond motifs is 1. The predicted octanol–water partition coefficient (Wildman–Crippen LogP) is 6.10. The summed E-state index contributed by atoms with van der Waals surface area (Å²) < 4.78 is 8.23. The first-order chi connectivity index (χ1) is 17.7. The summed E-state index contributed by atoms with van der Waals surface area (Å²) in [7, 11) is 0. The molecule has 0 spiro atoms. The second-order valence-corrected chi connectivity index (χ2v) is 9.61. The Labute approximate surface area is 208 Å². The zero-order chi connectivity index (χ0) is 24.2. The third kappa shape index (κ3) is 3.23. The van der Waals surface area contributed by atoms with Gasteiger partial charge in [0.25, 0.3) is 0 Å². The number of ketones is 2. The van der Waals surface area contributed by atoms with Crippen LogP contribution in [0.2, 0.25) is 0 Å². The van der Waals surface area contributed by atoms with Gasteiger partial charge >= 0.3 is 0 Å². The van der Waals surface area contributed by atoms with E-state index in [0.717, 1.165) is 58.1 Å². The lowest BCUT2D eigenvalue weighted by atomic mass is 9.94. The van der Waals surface area contributed by atoms with Gasteiger partial charge in [-0.3, -0.25) is 9.59 Å². The Hall–Kier alpha value is -4.38. The van der Waals surface area contributed by atoms with E-state index in [9.17, 15) is 9.59 Å². The molecular formula is C31H24N2O3. The fraction of sp³-hybridized carbons (Fsp3) is 0.161. The summed E-state index contributed by atoms with van der Waals surface area (Å²) in [5.74, 6) is 0.528. The molecule has 1 aliphatic heterocycles. The molecule has 0 unspecified atom stereocenters. The van der Waals surface area contributed by atoms with E-state index in [1.54, 1.807) is 0 Å². The van der Waals surface area contributed by atoms with Gasteiger partial charge in [0, 0.05) is 63.6 Å². The number of para-hydroxylation sites is 1. The summed E-state index contributed by atoms with van der Waals surface area (Å²) >= 11 is 0. The molecule has 3 aromatic carbocycles. The molecule has 0 saturated carbocycles. The number of H-pyrrole nitrogens is 1. The van der Waals surface area contributed by atoms with E-state index in [-0.39, 0.29) is 18.0 Å². The number of nitrogens with zero attached hydrogens (tertiary/aromatic N) is 1. The van der Waals surface area contributed by atoms with E-state index in [0.29, 0.717) is 17.8 Å². The molecule has 0 saturated heterocycles. The standard InChI is InChI=1S/C31H24N2O3/c34-27-15-28(35)30(25-17-33-13-5-9-20-8-4-10-23(25)31(20)33)29(27)24-16-32-26-14-21(11-12-22(24)26)36-18-19-6-2-1-3-7-19/h1-4,6-8,10-12,14,16-17,32H,5,9,13,15,18H2. The molecule has 5 heteroatoms. The molecule has 2 aromatic heterocycles. The van der Waals surface area contributed by atoms with Crippen molar-refractivity contribution in [2.24, 2.45) is 0 Å². The number of nitrogens with one attached hydrogen (secondary N) is 1. The van der Waals surface area contributed by atoms with Gasteiger partial charge in [-0.1, -0.05) is 48.5 Å². The number of hydrogen-bond acceptors (Lipinski definition) is 3. The predicted molar refractivity (Wildman–Crippen MR) is 141 cm³/mol. The van der Waals surface area contributed by atoms with Crippen molar-refractivity contribution in [3.63, 3.8) is 0 Å². The van der Waals surface area contributed by atoms with E-state index in [2.05, 4.69) is 33.9 Å². The van der Waals surface area contributed by atoms with Crippen LogP contribution in [0.25, 0.3) is 33.0 Å². The molecule has 0 atom stereocenters.